The van der Waals surface area contributed by atoms with Crippen molar-refractivity contribution < 1.29 is 4.79 Å². The molecule has 1 amide bonds. The van der Waals surface area contributed by atoms with Gasteiger partial charge in [0.15, 0.2) is 5.65 Å². The van der Waals surface area contributed by atoms with Crippen LogP contribution in [0.3, 0.4) is 0 Å². The standard InChI is InChI=1S/C13H14BrClN4O/c14-8-6-9-12(17-7-8)19(11(18-9)3-4-15)10-2-1-5-16-13(10)20/h6-7,10H,1-5H2,(H,16,20). The predicted octanol–water partition coefficient (Wildman–Crippen LogP) is 2.43. The molecule has 1 N–H and O–H groups in total. The third kappa shape index (κ3) is 2.42. The van der Waals surface area contributed by atoms with Crippen LogP contribution in [0, 0.1) is 0 Å². The number of hydrogen-bond donors (Lipinski definition) is 1. The number of alkyl halides is 1. The van der Waals surface area contributed by atoms with Crippen LogP contribution >= 0.6 is 27.5 Å². The molecule has 2 aromatic heterocycles. The molecule has 3 rings (SSSR count). The summed E-state index contributed by atoms with van der Waals surface area (Å²) in [6, 6.07) is 1.68. The van der Waals surface area contributed by atoms with Crippen LogP contribution in [0.25, 0.3) is 11.2 Å². The summed E-state index contributed by atoms with van der Waals surface area (Å²) >= 11 is 9.25. The van der Waals surface area contributed by atoms with Crippen molar-refractivity contribution in [1.29, 1.82) is 0 Å². The number of halogens is 2. The fourth-order valence-corrected chi connectivity index (χ4v) is 3.08. The minimum Gasteiger partial charge on any atom is -0.354 e. The predicted molar refractivity (Wildman–Crippen MR) is 80.9 cm³/mol. The monoisotopic (exact) mass is 356 g/mol. The topological polar surface area (TPSA) is 59.8 Å². The molecule has 1 atom stereocenters. The third-order valence-electron chi connectivity index (χ3n) is 3.46. The number of amides is 1. The van der Waals surface area contributed by atoms with Gasteiger partial charge in [0.1, 0.15) is 17.4 Å². The van der Waals surface area contributed by atoms with Crippen molar-refractivity contribution in [3.8, 4) is 0 Å². The van der Waals surface area contributed by atoms with E-state index in [-0.39, 0.29) is 11.9 Å². The van der Waals surface area contributed by atoms with Gasteiger partial charge in [-0.2, -0.15) is 0 Å². The van der Waals surface area contributed by atoms with E-state index in [1.165, 1.54) is 0 Å². The van der Waals surface area contributed by atoms with Crippen molar-refractivity contribution in [2.24, 2.45) is 0 Å². The van der Waals surface area contributed by atoms with Crippen LogP contribution in [-0.2, 0) is 11.2 Å². The number of piperidine rings is 1. The second kappa shape index (κ2) is 5.69. The minimum absolute atomic E-state index is 0.0380. The Morgan fingerprint density at radius 1 is 1.55 bits per heavy atom. The molecule has 7 heteroatoms. The summed E-state index contributed by atoms with van der Waals surface area (Å²) in [7, 11) is 0. The largest absolute Gasteiger partial charge is 0.354 e. The minimum atomic E-state index is -0.236. The molecule has 3 heterocycles. The van der Waals surface area contributed by atoms with Gasteiger partial charge in [-0.05, 0) is 34.8 Å². The fraction of sp³-hybridized carbons (Fsp3) is 0.462. The highest BCUT2D eigenvalue weighted by Crippen LogP contribution is 2.27. The number of fused-ring (bicyclic) bond motifs is 1. The Morgan fingerprint density at radius 2 is 2.40 bits per heavy atom. The normalized spacial score (nSPS) is 19.3. The van der Waals surface area contributed by atoms with Gasteiger partial charge in [-0.1, -0.05) is 0 Å². The molecule has 0 aromatic carbocycles. The van der Waals surface area contributed by atoms with Crippen molar-refractivity contribution in [3.63, 3.8) is 0 Å². The highest BCUT2D eigenvalue weighted by molar-refractivity contribution is 9.10. The second-order valence-corrected chi connectivity index (χ2v) is 6.08. The Balaban J connectivity index is 2.15. The van der Waals surface area contributed by atoms with Crippen LogP contribution in [0.4, 0.5) is 0 Å². The van der Waals surface area contributed by atoms with Crippen LogP contribution in [0.5, 0.6) is 0 Å². The number of carbonyl (C=O) groups is 1. The number of pyridine rings is 1. The molecule has 0 spiro atoms. The zero-order valence-corrected chi connectivity index (χ0v) is 13.1. The van der Waals surface area contributed by atoms with Crippen LogP contribution in [0.15, 0.2) is 16.7 Å². The molecule has 106 valence electrons. The summed E-state index contributed by atoms with van der Waals surface area (Å²) in [5.41, 5.74) is 1.54. The summed E-state index contributed by atoms with van der Waals surface area (Å²) in [6.45, 7) is 0.742. The van der Waals surface area contributed by atoms with Crippen molar-refractivity contribution in [1.82, 2.24) is 19.9 Å². The number of nitrogens with one attached hydrogen (secondary N) is 1. The molecule has 1 aliphatic heterocycles. The average Bonchev–Trinajstić information content (AvgIpc) is 2.77. The van der Waals surface area contributed by atoms with E-state index in [2.05, 4.69) is 31.2 Å². The first-order chi connectivity index (χ1) is 9.70. The molecule has 2 aromatic rings. The Labute approximate surface area is 129 Å². The number of hydrogen-bond acceptors (Lipinski definition) is 3. The summed E-state index contributed by atoms with van der Waals surface area (Å²) < 4.78 is 2.82. The molecule has 0 radical (unpaired) electrons. The van der Waals surface area contributed by atoms with E-state index in [1.807, 2.05) is 10.6 Å². The van der Waals surface area contributed by atoms with E-state index in [4.69, 9.17) is 11.6 Å². The molecule has 1 saturated heterocycles. The maximum atomic E-state index is 12.1. The highest BCUT2D eigenvalue weighted by Gasteiger charge is 2.28. The van der Waals surface area contributed by atoms with Crippen molar-refractivity contribution in [2.45, 2.75) is 25.3 Å². The Morgan fingerprint density at radius 3 is 3.15 bits per heavy atom. The summed E-state index contributed by atoms with van der Waals surface area (Å²) in [5, 5.41) is 2.91. The van der Waals surface area contributed by atoms with Gasteiger partial charge in [0, 0.05) is 29.5 Å². The molecular weight excluding hydrogens is 344 g/mol. The summed E-state index contributed by atoms with van der Waals surface area (Å²) in [5.74, 6) is 1.33. The zero-order valence-electron chi connectivity index (χ0n) is 10.8. The quantitative estimate of drug-likeness (QED) is 0.858. The lowest BCUT2D eigenvalue weighted by molar-refractivity contribution is -0.125. The van der Waals surface area contributed by atoms with Crippen molar-refractivity contribution >= 4 is 44.6 Å². The third-order valence-corrected chi connectivity index (χ3v) is 4.08. The maximum absolute atomic E-state index is 12.1. The van der Waals surface area contributed by atoms with Gasteiger partial charge in [0.05, 0.1) is 0 Å². The first-order valence-corrected chi connectivity index (χ1v) is 7.89. The Kier molecular flexibility index (Phi) is 3.94. The maximum Gasteiger partial charge on any atom is 0.243 e. The lowest BCUT2D eigenvalue weighted by atomic mass is 10.1. The number of imidazole rings is 1. The van der Waals surface area contributed by atoms with E-state index in [0.717, 1.165) is 40.8 Å². The molecule has 1 aliphatic rings. The molecule has 20 heavy (non-hydrogen) atoms. The lowest BCUT2D eigenvalue weighted by Gasteiger charge is -2.24. The van der Waals surface area contributed by atoms with Gasteiger partial charge in [-0.15, -0.1) is 11.6 Å². The summed E-state index contributed by atoms with van der Waals surface area (Å²) in [4.78, 5) is 21.1. The van der Waals surface area contributed by atoms with Gasteiger partial charge in [-0.25, -0.2) is 9.97 Å². The fourth-order valence-electron chi connectivity index (χ4n) is 2.60. The molecule has 0 aliphatic carbocycles. The first-order valence-electron chi connectivity index (χ1n) is 6.56. The number of aromatic nitrogens is 3. The molecule has 1 fully saturated rings. The molecule has 1 unspecified atom stereocenters. The van der Waals surface area contributed by atoms with E-state index < -0.39 is 0 Å². The SMILES string of the molecule is O=C1NCCCC1n1c(CCCl)nc2cc(Br)cnc21. The van der Waals surface area contributed by atoms with Gasteiger partial charge >= 0.3 is 0 Å². The smallest absolute Gasteiger partial charge is 0.243 e. The van der Waals surface area contributed by atoms with Crippen LogP contribution in [-0.4, -0.2) is 32.9 Å². The van der Waals surface area contributed by atoms with E-state index in [9.17, 15) is 4.79 Å². The van der Waals surface area contributed by atoms with Gasteiger partial charge < -0.3 is 5.32 Å². The molecule has 0 bridgehead atoms. The van der Waals surface area contributed by atoms with Gasteiger partial charge in [0.2, 0.25) is 5.91 Å². The highest BCUT2D eigenvalue weighted by atomic mass is 79.9. The number of rotatable bonds is 3. The Hall–Kier alpha value is -1.14. The van der Waals surface area contributed by atoms with Gasteiger partial charge in [0.25, 0.3) is 0 Å². The summed E-state index contributed by atoms with van der Waals surface area (Å²) in [6.07, 6.45) is 4.13. The Bertz CT molecular complexity index is 657. The number of nitrogens with zero attached hydrogens (tertiary/aromatic N) is 3. The van der Waals surface area contributed by atoms with E-state index >= 15 is 0 Å². The molecule has 5 nitrogen and oxygen atoms in total. The van der Waals surface area contributed by atoms with E-state index in [0.29, 0.717) is 12.3 Å². The molecule has 0 saturated carbocycles. The number of carbonyl (C=O) groups excluding carboxylic acids is 1. The lowest BCUT2D eigenvalue weighted by Crippen LogP contribution is -2.38. The van der Waals surface area contributed by atoms with Crippen molar-refractivity contribution in [2.75, 3.05) is 12.4 Å². The zero-order chi connectivity index (χ0) is 14.1. The second-order valence-electron chi connectivity index (χ2n) is 4.78. The van der Waals surface area contributed by atoms with Crippen molar-refractivity contribution in [3.05, 3.63) is 22.6 Å². The van der Waals surface area contributed by atoms with Crippen LogP contribution in [0.1, 0.15) is 24.7 Å². The van der Waals surface area contributed by atoms with Crippen LogP contribution in [0.2, 0.25) is 0 Å². The van der Waals surface area contributed by atoms with Crippen LogP contribution < -0.4 is 5.32 Å². The first kappa shape index (κ1) is 13.8. The average molecular weight is 358 g/mol. The van der Waals surface area contributed by atoms with Gasteiger partial charge in [-0.3, -0.25) is 9.36 Å². The van der Waals surface area contributed by atoms with E-state index in [1.54, 1.807) is 6.20 Å². The molecular formula is C13H14BrClN4O. The number of aryl methyl sites for hydroxylation is 1.